The van der Waals surface area contributed by atoms with Gasteiger partial charge in [0.15, 0.2) is 6.61 Å². The number of anilines is 2. The maximum absolute atomic E-state index is 12.4. The van der Waals surface area contributed by atoms with E-state index in [1.807, 2.05) is 48.7 Å². The van der Waals surface area contributed by atoms with Crippen molar-refractivity contribution in [2.24, 2.45) is 0 Å². The quantitative estimate of drug-likeness (QED) is 0.624. The van der Waals surface area contributed by atoms with Crippen LogP contribution >= 0.6 is 11.3 Å². The molecule has 0 aliphatic carbocycles. The number of hydrogen-bond acceptors (Lipinski definition) is 5. The highest BCUT2D eigenvalue weighted by Crippen LogP contribution is 2.34. The highest BCUT2D eigenvalue weighted by Gasteiger charge is 2.25. The van der Waals surface area contributed by atoms with Gasteiger partial charge in [-0.05, 0) is 42.6 Å². The third-order valence-corrected chi connectivity index (χ3v) is 5.58. The SMILES string of the molecule is Cc1ccc(OCCN2C(=O)COc3cc(NC(=O)Cc4cccs4)ccc32)cc1. The van der Waals surface area contributed by atoms with E-state index in [1.165, 1.54) is 0 Å². The second kappa shape index (κ2) is 9.00. The Kier molecular flexibility index (Phi) is 5.99. The highest BCUT2D eigenvalue weighted by atomic mass is 32.1. The summed E-state index contributed by atoms with van der Waals surface area (Å²) in [5, 5.41) is 4.83. The number of ether oxygens (including phenoxy) is 2. The molecule has 3 aromatic rings. The van der Waals surface area contributed by atoms with Crippen LogP contribution in [0, 0.1) is 6.92 Å². The minimum Gasteiger partial charge on any atom is -0.492 e. The van der Waals surface area contributed by atoms with Crippen molar-refractivity contribution >= 4 is 34.5 Å². The lowest BCUT2D eigenvalue weighted by Crippen LogP contribution is -2.41. The molecule has 0 bridgehead atoms. The lowest BCUT2D eigenvalue weighted by atomic mass is 10.2. The number of rotatable bonds is 7. The summed E-state index contributed by atoms with van der Waals surface area (Å²) in [6, 6.07) is 17.0. The molecule has 0 unspecified atom stereocenters. The zero-order chi connectivity index (χ0) is 20.9. The predicted octanol–water partition coefficient (Wildman–Crippen LogP) is 4.04. The molecule has 0 fully saturated rings. The Balaban J connectivity index is 1.39. The monoisotopic (exact) mass is 422 g/mol. The van der Waals surface area contributed by atoms with Gasteiger partial charge in [0.1, 0.15) is 18.1 Å². The van der Waals surface area contributed by atoms with Crippen LogP contribution in [0.4, 0.5) is 11.4 Å². The Morgan fingerprint density at radius 1 is 1.20 bits per heavy atom. The van der Waals surface area contributed by atoms with Crippen molar-refractivity contribution in [2.45, 2.75) is 13.3 Å². The van der Waals surface area contributed by atoms with Crippen molar-refractivity contribution < 1.29 is 19.1 Å². The van der Waals surface area contributed by atoms with Gasteiger partial charge in [0.25, 0.3) is 5.91 Å². The van der Waals surface area contributed by atoms with Crippen LogP contribution < -0.4 is 19.7 Å². The van der Waals surface area contributed by atoms with Crippen LogP contribution in [-0.2, 0) is 16.0 Å². The lowest BCUT2D eigenvalue weighted by Gasteiger charge is -2.29. The van der Waals surface area contributed by atoms with Crippen molar-refractivity contribution in [1.29, 1.82) is 0 Å². The second-order valence-corrected chi connectivity index (χ2v) is 8.01. The average molecular weight is 423 g/mol. The van der Waals surface area contributed by atoms with E-state index in [0.29, 0.717) is 36.7 Å². The number of carbonyl (C=O) groups excluding carboxylic acids is 2. The summed E-state index contributed by atoms with van der Waals surface area (Å²) < 4.78 is 11.4. The van der Waals surface area contributed by atoms with Crippen molar-refractivity contribution in [1.82, 2.24) is 0 Å². The van der Waals surface area contributed by atoms with Crippen molar-refractivity contribution in [3.05, 3.63) is 70.4 Å². The highest BCUT2D eigenvalue weighted by molar-refractivity contribution is 7.10. The first-order valence-corrected chi connectivity index (χ1v) is 10.6. The first kappa shape index (κ1) is 20.0. The van der Waals surface area contributed by atoms with E-state index < -0.39 is 0 Å². The Morgan fingerprint density at radius 3 is 2.80 bits per heavy atom. The zero-order valence-corrected chi connectivity index (χ0v) is 17.4. The maximum Gasteiger partial charge on any atom is 0.265 e. The first-order chi connectivity index (χ1) is 14.6. The van der Waals surface area contributed by atoms with Gasteiger partial charge in [-0.1, -0.05) is 23.8 Å². The molecule has 0 spiro atoms. The molecule has 1 N–H and O–H groups in total. The van der Waals surface area contributed by atoms with Gasteiger partial charge in [0.2, 0.25) is 5.91 Å². The molecule has 0 saturated carbocycles. The molecule has 2 amide bonds. The molecule has 30 heavy (non-hydrogen) atoms. The van der Waals surface area contributed by atoms with Gasteiger partial charge in [-0.3, -0.25) is 9.59 Å². The van der Waals surface area contributed by atoms with Gasteiger partial charge >= 0.3 is 0 Å². The summed E-state index contributed by atoms with van der Waals surface area (Å²) in [7, 11) is 0. The van der Waals surface area contributed by atoms with E-state index in [9.17, 15) is 9.59 Å². The van der Waals surface area contributed by atoms with Gasteiger partial charge in [0.05, 0.1) is 18.7 Å². The number of nitrogens with one attached hydrogen (secondary N) is 1. The van der Waals surface area contributed by atoms with E-state index in [4.69, 9.17) is 9.47 Å². The van der Waals surface area contributed by atoms with Crippen molar-refractivity contribution in [3.63, 3.8) is 0 Å². The normalized spacial score (nSPS) is 12.8. The molecular formula is C23H22N2O4S. The van der Waals surface area contributed by atoms with Gasteiger partial charge in [-0.2, -0.15) is 0 Å². The predicted molar refractivity (Wildman–Crippen MR) is 118 cm³/mol. The fourth-order valence-corrected chi connectivity index (χ4v) is 3.90. The minimum atomic E-state index is -0.121. The summed E-state index contributed by atoms with van der Waals surface area (Å²) in [5.41, 5.74) is 2.48. The number of fused-ring (bicyclic) bond motifs is 1. The van der Waals surface area contributed by atoms with E-state index >= 15 is 0 Å². The largest absolute Gasteiger partial charge is 0.492 e. The molecule has 1 aliphatic rings. The van der Waals surface area contributed by atoms with Crippen LogP contribution in [0.1, 0.15) is 10.4 Å². The molecule has 0 saturated heterocycles. The standard InChI is InChI=1S/C23H22N2O4S/c1-16-4-7-18(8-5-16)28-11-10-25-20-9-6-17(13-21(20)29-15-23(25)27)24-22(26)14-19-3-2-12-30-19/h2-9,12-13H,10-11,14-15H2,1H3,(H,24,26). The van der Waals surface area contributed by atoms with Gasteiger partial charge in [0, 0.05) is 16.6 Å². The number of benzene rings is 2. The fourth-order valence-electron chi connectivity index (χ4n) is 3.19. The molecular weight excluding hydrogens is 400 g/mol. The number of aryl methyl sites for hydroxylation is 1. The Hall–Kier alpha value is -3.32. The zero-order valence-electron chi connectivity index (χ0n) is 16.6. The van der Waals surface area contributed by atoms with Crippen LogP contribution in [0.5, 0.6) is 11.5 Å². The van der Waals surface area contributed by atoms with Crippen LogP contribution in [-0.4, -0.2) is 31.6 Å². The van der Waals surface area contributed by atoms with E-state index in [1.54, 1.807) is 34.4 Å². The molecule has 0 radical (unpaired) electrons. The Morgan fingerprint density at radius 2 is 2.03 bits per heavy atom. The molecule has 154 valence electrons. The number of nitrogens with zero attached hydrogens (tertiary/aromatic N) is 1. The van der Waals surface area contributed by atoms with Crippen molar-refractivity contribution in [3.8, 4) is 11.5 Å². The van der Waals surface area contributed by atoms with Gasteiger partial charge < -0.3 is 19.7 Å². The average Bonchev–Trinajstić information content (AvgIpc) is 3.24. The topological polar surface area (TPSA) is 67.9 Å². The third-order valence-electron chi connectivity index (χ3n) is 4.71. The molecule has 2 aromatic carbocycles. The fraction of sp³-hybridized carbons (Fsp3) is 0.217. The Labute approximate surface area is 179 Å². The number of carbonyl (C=O) groups is 2. The Bertz CT molecular complexity index is 1030. The molecule has 1 aromatic heterocycles. The number of hydrogen-bond donors (Lipinski definition) is 1. The number of amides is 2. The van der Waals surface area contributed by atoms with E-state index in [0.717, 1.165) is 16.2 Å². The maximum atomic E-state index is 12.4. The van der Waals surface area contributed by atoms with Crippen LogP contribution in [0.3, 0.4) is 0 Å². The van der Waals surface area contributed by atoms with Crippen molar-refractivity contribution in [2.75, 3.05) is 30.0 Å². The molecule has 7 heteroatoms. The molecule has 2 heterocycles. The first-order valence-electron chi connectivity index (χ1n) is 9.67. The molecule has 4 rings (SSSR count). The molecule has 6 nitrogen and oxygen atoms in total. The van der Waals surface area contributed by atoms with E-state index in [2.05, 4.69) is 5.32 Å². The lowest BCUT2D eigenvalue weighted by molar-refractivity contribution is -0.121. The summed E-state index contributed by atoms with van der Waals surface area (Å²) in [4.78, 5) is 27.3. The summed E-state index contributed by atoms with van der Waals surface area (Å²) in [5.74, 6) is 1.13. The molecule has 0 atom stereocenters. The van der Waals surface area contributed by atoms with E-state index in [-0.39, 0.29) is 18.4 Å². The van der Waals surface area contributed by atoms with Crippen LogP contribution in [0.25, 0.3) is 0 Å². The summed E-state index contributed by atoms with van der Waals surface area (Å²) >= 11 is 1.55. The minimum absolute atomic E-state index is 0.0376. The number of thiophene rings is 1. The van der Waals surface area contributed by atoms with Gasteiger partial charge in [-0.15, -0.1) is 11.3 Å². The summed E-state index contributed by atoms with van der Waals surface area (Å²) in [6.07, 6.45) is 0.330. The third kappa shape index (κ3) is 4.80. The van der Waals surface area contributed by atoms with Crippen LogP contribution in [0.2, 0.25) is 0 Å². The second-order valence-electron chi connectivity index (χ2n) is 6.98. The van der Waals surface area contributed by atoms with Gasteiger partial charge in [-0.25, -0.2) is 0 Å². The summed E-state index contributed by atoms with van der Waals surface area (Å²) in [6.45, 7) is 2.76. The smallest absolute Gasteiger partial charge is 0.265 e. The molecule has 1 aliphatic heterocycles. The van der Waals surface area contributed by atoms with Crippen LogP contribution in [0.15, 0.2) is 60.0 Å².